The van der Waals surface area contributed by atoms with Crippen molar-refractivity contribution in [3.8, 4) is 0 Å². The molecular formula is C15H21Br2NO. The van der Waals surface area contributed by atoms with Gasteiger partial charge in [-0.1, -0.05) is 43.6 Å². The Bertz CT molecular complexity index is 434. The highest BCUT2D eigenvalue weighted by Gasteiger charge is 2.20. The number of benzene rings is 1. The Morgan fingerprint density at radius 3 is 2.05 bits per heavy atom. The van der Waals surface area contributed by atoms with Crippen molar-refractivity contribution in [1.82, 2.24) is 4.90 Å². The van der Waals surface area contributed by atoms with Crippen LogP contribution in [-0.2, 0) is 0 Å². The van der Waals surface area contributed by atoms with E-state index >= 15 is 0 Å². The first-order valence-corrected chi connectivity index (χ1v) is 8.14. The summed E-state index contributed by atoms with van der Waals surface area (Å²) >= 11 is 6.88. The predicted octanol–water partition coefficient (Wildman–Crippen LogP) is 4.97. The lowest BCUT2D eigenvalue weighted by Crippen LogP contribution is -2.37. The molecule has 106 valence electrons. The van der Waals surface area contributed by atoms with Gasteiger partial charge in [-0.2, -0.15) is 0 Å². The van der Waals surface area contributed by atoms with Gasteiger partial charge in [0.15, 0.2) is 0 Å². The third kappa shape index (κ3) is 5.27. The third-order valence-corrected chi connectivity index (χ3v) is 3.77. The monoisotopic (exact) mass is 389 g/mol. The average Bonchev–Trinajstić information content (AvgIpc) is 2.26. The maximum Gasteiger partial charge on any atom is 0.255 e. The number of hydrogen-bond acceptors (Lipinski definition) is 1. The molecule has 0 atom stereocenters. The molecule has 1 rings (SSSR count). The molecule has 0 unspecified atom stereocenters. The quantitative estimate of drug-likeness (QED) is 0.695. The van der Waals surface area contributed by atoms with Crippen LogP contribution in [0.2, 0.25) is 0 Å². The summed E-state index contributed by atoms with van der Waals surface area (Å²) in [5.41, 5.74) is 0.726. The van der Waals surface area contributed by atoms with Gasteiger partial charge >= 0.3 is 0 Å². The summed E-state index contributed by atoms with van der Waals surface area (Å²) in [5, 5.41) is 0. The van der Waals surface area contributed by atoms with Crippen LogP contribution in [0.1, 0.15) is 38.1 Å². The van der Waals surface area contributed by atoms with Crippen LogP contribution in [0.4, 0.5) is 0 Å². The van der Waals surface area contributed by atoms with Crippen LogP contribution >= 0.6 is 31.9 Å². The molecule has 0 N–H and O–H groups in total. The number of carbonyl (C=O) groups excluding carboxylic acids is 1. The largest absolute Gasteiger partial charge is 0.338 e. The summed E-state index contributed by atoms with van der Waals surface area (Å²) in [6.45, 7) is 10.1. The van der Waals surface area contributed by atoms with E-state index in [1.165, 1.54) is 0 Å². The second kappa shape index (κ2) is 7.44. The van der Waals surface area contributed by atoms with Crippen LogP contribution < -0.4 is 0 Å². The van der Waals surface area contributed by atoms with Gasteiger partial charge in [0.2, 0.25) is 0 Å². The first-order valence-electron chi connectivity index (χ1n) is 6.55. The van der Waals surface area contributed by atoms with E-state index in [2.05, 4.69) is 59.6 Å². The van der Waals surface area contributed by atoms with E-state index in [1.807, 2.05) is 23.1 Å². The molecule has 0 radical (unpaired) electrons. The topological polar surface area (TPSA) is 20.3 Å². The van der Waals surface area contributed by atoms with E-state index in [9.17, 15) is 4.79 Å². The molecule has 1 amide bonds. The minimum atomic E-state index is 0.0989. The van der Waals surface area contributed by atoms with Crippen LogP contribution in [0.3, 0.4) is 0 Å². The minimum Gasteiger partial charge on any atom is -0.338 e. The predicted molar refractivity (Wildman–Crippen MR) is 87.4 cm³/mol. The molecule has 0 spiro atoms. The van der Waals surface area contributed by atoms with E-state index in [4.69, 9.17) is 0 Å². The summed E-state index contributed by atoms with van der Waals surface area (Å²) in [6, 6.07) is 5.68. The van der Waals surface area contributed by atoms with Crippen molar-refractivity contribution in [2.75, 3.05) is 13.1 Å². The van der Waals surface area contributed by atoms with Crippen LogP contribution in [0, 0.1) is 11.8 Å². The van der Waals surface area contributed by atoms with Gasteiger partial charge in [0.1, 0.15) is 0 Å². The van der Waals surface area contributed by atoms with Gasteiger partial charge in [-0.15, -0.1) is 0 Å². The smallest absolute Gasteiger partial charge is 0.255 e. The Labute approximate surface area is 132 Å². The van der Waals surface area contributed by atoms with Gasteiger partial charge in [-0.05, 0) is 46.0 Å². The fraction of sp³-hybridized carbons (Fsp3) is 0.533. The lowest BCUT2D eigenvalue weighted by atomic mass is 10.1. The summed E-state index contributed by atoms with van der Waals surface area (Å²) in [4.78, 5) is 14.6. The molecule has 2 nitrogen and oxygen atoms in total. The average molecular weight is 391 g/mol. The summed E-state index contributed by atoms with van der Waals surface area (Å²) < 4.78 is 1.81. The van der Waals surface area contributed by atoms with Gasteiger partial charge in [-0.3, -0.25) is 4.79 Å². The zero-order valence-corrected chi connectivity index (χ0v) is 15.1. The Hall–Kier alpha value is -0.350. The fourth-order valence-corrected chi connectivity index (χ4v) is 3.17. The van der Waals surface area contributed by atoms with Gasteiger partial charge in [0.05, 0.1) is 5.56 Å². The van der Waals surface area contributed by atoms with Gasteiger partial charge in [-0.25, -0.2) is 0 Å². The molecule has 4 heteroatoms. The summed E-state index contributed by atoms with van der Waals surface area (Å²) in [6.07, 6.45) is 0. The van der Waals surface area contributed by atoms with E-state index in [0.717, 1.165) is 27.6 Å². The van der Waals surface area contributed by atoms with Crippen LogP contribution in [0.15, 0.2) is 27.1 Å². The molecule has 1 aromatic rings. The third-order valence-electron chi connectivity index (χ3n) is 2.62. The molecule has 0 saturated carbocycles. The van der Waals surface area contributed by atoms with E-state index in [0.29, 0.717) is 11.8 Å². The Morgan fingerprint density at radius 2 is 1.63 bits per heavy atom. The zero-order valence-electron chi connectivity index (χ0n) is 11.9. The second-order valence-corrected chi connectivity index (χ2v) is 7.39. The van der Waals surface area contributed by atoms with E-state index in [1.54, 1.807) is 0 Å². The SMILES string of the molecule is CC(C)CN(CC(C)C)C(=O)c1ccc(Br)cc1Br. The molecule has 0 aliphatic carbocycles. The summed E-state index contributed by atoms with van der Waals surface area (Å²) in [5.74, 6) is 1.04. The standard InChI is InChI=1S/C15H21Br2NO/c1-10(2)8-18(9-11(3)4)15(19)13-6-5-12(16)7-14(13)17/h5-7,10-11H,8-9H2,1-4H3. The maximum absolute atomic E-state index is 12.6. The molecule has 0 aliphatic heterocycles. The van der Waals surface area contributed by atoms with Gasteiger partial charge in [0, 0.05) is 22.0 Å². The molecule has 0 saturated heterocycles. The molecule has 0 bridgehead atoms. The number of nitrogens with zero attached hydrogens (tertiary/aromatic N) is 1. The highest BCUT2D eigenvalue weighted by molar-refractivity contribution is 9.11. The number of hydrogen-bond donors (Lipinski definition) is 0. The molecule has 1 aromatic carbocycles. The van der Waals surface area contributed by atoms with Crippen molar-refractivity contribution in [1.29, 1.82) is 0 Å². The van der Waals surface area contributed by atoms with Crippen LogP contribution in [0.5, 0.6) is 0 Å². The van der Waals surface area contributed by atoms with Crippen molar-refractivity contribution in [2.45, 2.75) is 27.7 Å². The molecule has 0 aromatic heterocycles. The number of halogens is 2. The fourth-order valence-electron chi connectivity index (χ4n) is 1.96. The lowest BCUT2D eigenvalue weighted by Gasteiger charge is -2.27. The van der Waals surface area contributed by atoms with Crippen molar-refractivity contribution < 1.29 is 4.79 Å². The summed E-state index contributed by atoms with van der Waals surface area (Å²) in [7, 11) is 0. The minimum absolute atomic E-state index is 0.0989. The molecule has 0 heterocycles. The molecular weight excluding hydrogens is 370 g/mol. The van der Waals surface area contributed by atoms with Crippen molar-refractivity contribution >= 4 is 37.8 Å². The first-order chi connectivity index (χ1) is 8.81. The number of rotatable bonds is 5. The number of carbonyl (C=O) groups is 1. The first kappa shape index (κ1) is 16.7. The highest BCUT2D eigenvalue weighted by Crippen LogP contribution is 2.23. The van der Waals surface area contributed by atoms with Crippen LogP contribution in [-0.4, -0.2) is 23.9 Å². The van der Waals surface area contributed by atoms with Crippen molar-refractivity contribution in [3.63, 3.8) is 0 Å². The van der Waals surface area contributed by atoms with Crippen LogP contribution in [0.25, 0.3) is 0 Å². The Morgan fingerprint density at radius 1 is 1.11 bits per heavy atom. The molecule has 0 aliphatic rings. The van der Waals surface area contributed by atoms with E-state index in [-0.39, 0.29) is 5.91 Å². The lowest BCUT2D eigenvalue weighted by molar-refractivity contribution is 0.0714. The number of amides is 1. The van der Waals surface area contributed by atoms with Crippen molar-refractivity contribution in [3.05, 3.63) is 32.7 Å². The zero-order chi connectivity index (χ0) is 14.6. The second-order valence-electron chi connectivity index (χ2n) is 5.62. The Kier molecular flexibility index (Phi) is 6.54. The highest BCUT2D eigenvalue weighted by atomic mass is 79.9. The molecule has 19 heavy (non-hydrogen) atoms. The van der Waals surface area contributed by atoms with E-state index < -0.39 is 0 Å². The normalized spacial score (nSPS) is 11.2. The van der Waals surface area contributed by atoms with Gasteiger partial charge in [0.25, 0.3) is 5.91 Å². The van der Waals surface area contributed by atoms with Crippen molar-refractivity contribution in [2.24, 2.45) is 11.8 Å². The molecule has 0 fully saturated rings. The van der Waals surface area contributed by atoms with Gasteiger partial charge < -0.3 is 4.90 Å². The maximum atomic E-state index is 12.6. The Balaban J connectivity index is 2.97.